The summed E-state index contributed by atoms with van der Waals surface area (Å²) in [6, 6.07) is 22.0. The van der Waals surface area contributed by atoms with Crippen molar-refractivity contribution in [1.82, 2.24) is 0 Å². The van der Waals surface area contributed by atoms with Gasteiger partial charge in [0.15, 0.2) is 5.78 Å². The number of anilines is 2. The monoisotopic (exact) mass is 318 g/mol. The largest absolute Gasteiger partial charge is 0.489 e. The molecular weight excluding hydrogens is 300 g/mol. The van der Waals surface area contributed by atoms with Crippen LogP contribution in [-0.2, 0) is 6.61 Å². The minimum absolute atomic E-state index is 0.176. The molecule has 0 aliphatic carbocycles. The Bertz CT molecular complexity index is 861. The van der Waals surface area contributed by atoms with Crippen LogP contribution in [0.1, 0.15) is 21.5 Å². The Hall–Kier alpha value is -3.27. The molecule has 0 heterocycles. The predicted octanol–water partition coefficient (Wildman–Crippen LogP) is 3.66. The van der Waals surface area contributed by atoms with Crippen molar-refractivity contribution in [2.24, 2.45) is 0 Å². The first-order chi connectivity index (χ1) is 11.6. The van der Waals surface area contributed by atoms with Crippen molar-refractivity contribution in [2.45, 2.75) is 6.61 Å². The molecule has 0 radical (unpaired) electrons. The first kappa shape index (κ1) is 15.6. The Labute approximate surface area is 140 Å². The Morgan fingerprint density at radius 1 is 0.875 bits per heavy atom. The number of ether oxygens (including phenoxy) is 1. The first-order valence-corrected chi connectivity index (χ1v) is 7.60. The molecule has 0 fully saturated rings. The van der Waals surface area contributed by atoms with Gasteiger partial charge in [0.1, 0.15) is 12.4 Å². The van der Waals surface area contributed by atoms with Gasteiger partial charge in [0.25, 0.3) is 0 Å². The second kappa shape index (κ2) is 6.87. The third kappa shape index (κ3) is 3.38. The van der Waals surface area contributed by atoms with Crippen molar-refractivity contribution in [2.75, 3.05) is 11.5 Å². The highest BCUT2D eigenvalue weighted by Gasteiger charge is 2.14. The van der Waals surface area contributed by atoms with Crippen LogP contribution < -0.4 is 16.2 Å². The van der Waals surface area contributed by atoms with Crippen LogP contribution in [0.5, 0.6) is 5.75 Å². The number of carbonyl (C=O) groups excluding carboxylic acids is 1. The van der Waals surface area contributed by atoms with E-state index in [1.807, 2.05) is 36.4 Å². The molecule has 0 atom stereocenters. The molecule has 4 heteroatoms. The number of hydrogen-bond donors (Lipinski definition) is 2. The Morgan fingerprint density at radius 2 is 1.62 bits per heavy atom. The zero-order valence-electron chi connectivity index (χ0n) is 13.1. The van der Waals surface area contributed by atoms with E-state index >= 15 is 0 Å². The molecule has 4 nitrogen and oxygen atoms in total. The third-order valence-electron chi connectivity index (χ3n) is 3.73. The van der Waals surface area contributed by atoms with E-state index in [2.05, 4.69) is 0 Å². The highest BCUT2D eigenvalue weighted by Crippen LogP contribution is 2.24. The van der Waals surface area contributed by atoms with Crippen LogP contribution in [0.2, 0.25) is 0 Å². The molecule has 0 saturated heterocycles. The van der Waals surface area contributed by atoms with E-state index in [0.717, 1.165) is 5.56 Å². The first-order valence-electron chi connectivity index (χ1n) is 7.60. The van der Waals surface area contributed by atoms with Gasteiger partial charge in [-0.25, -0.2) is 0 Å². The summed E-state index contributed by atoms with van der Waals surface area (Å²) in [6.07, 6.45) is 0. The highest BCUT2D eigenvalue weighted by atomic mass is 16.5. The van der Waals surface area contributed by atoms with E-state index in [0.29, 0.717) is 34.9 Å². The zero-order valence-corrected chi connectivity index (χ0v) is 13.1. The van der Waals surface area contributed by atoms with Crippen LogP contribution in [0, 0.1) is 0 Å². The Morgan fingerprint density at radius 3 is 2.42 bits per heavy atom. The van der Waals surface area contributed by atoms with Crippen LogP contribution in [0.25, 0.3) is 0 Å². The lowest BCUT2D eigenvalue weighted by Crippen LogP contribution is -2.07. The van der Waals surface area contributed by atoms with Crippen LogP contribution in [-0.4, -0.2) is 5.78 Å². The van der Waals surface area contributed by atoms with E-state index in [1.54, 1.807) is 36.4 Å². The lowest BCUT2D eigenvalue weighted by Gasteiger charge is -2.10. The summed E-state index contributed by atoms with van der Waals surface area (Å²) in [6.45, 7) is 0.443. The average Bonchev–Trinajstić information content (AvgIpc) is 2.63. The summed E-state index contributed by atoms with van der Waals surface area (Å²) < 4.78 is 5.76. The van der Waals surface area contributed by atoms with E-state index in [9.17, 15) is 4.79 Å². The van der Waals surface area contributed by atoms with Crippen molar-refractivity contribution in [3.63, 3.8) is 0 Å². The second-order valence-corrected chi connectivity index (χ2v) is 5.44. The fraction of sp³-hybridized carbons (Fsp3) is 0.0500. The van der Waals surface area contributed by atoms with Crippen molar-refractivity contribution >= 4 is 17.2 Å². The van der Waals surface area contributed by atoms with Gasteiger partial charge in [-0.3, -0.25) is 4.79 Å². The normalized spacial score (nSPS) is 10.3. The number of ketones is 1. The van der Waals surface area contributed by atoms with Gasteiger partial charge in [-0.15, -0.1) is 0 Å². The summed E-state index contributed by atoms with van der Waals surface area (Å²) in [7, 11) is 0. The van der Waals surface area contributed by atoms with Gasteiger partial charge in [-0.1, -0.05) is 48.5 Å². The fourth-order valence-corrected chi connectivity index (χ4v) is 2.40. The van der Waals surface area contributed by atoms with E-state index < -0.39 is 0 Å². The summed E-state index contributed by atoms with van der Waals surface area (Å²) in [5, 5.41) is 0. The molecule has 0 unspecified atom stereocenters. The Balaban J connectivity index is 1.80. The minimum Gasteiger partial charge on any atom is -0.489 e. The lowest BCUT2D eigenvalue weighted by atomic mass is 10.0. The van der Waals surface area contributed by atoms with Gasteiger partial charge < -0.3 is 16.2 Å². The number of rotatable bonds is 5. The number of benzene rings is 3. The molecule has 0 saturated carbocycles. The van der Waals surface area contributed by atoms with Crippen LogP contribution in [0.15, 0.2) is 72.8 Å². The standard InChI is InChI=1S/C20H18N2O2/c21-18-11-5-10-17(19(18)22)20(23)15-8-4-9-16(12-15)24-13-14-6-2-1-3-7-14/h1-12H,13,21-22H2. The van der Waals surface area contributed by atoms with Crippen LogP contribution >= 0.6 is 0 Å². The van der Waals surface area contributed by atoms with E-state index in [-0.39, 0.29) is 5.78 Å². The van der Waals surface area contributed by atoms with Crippen LogP contribution in [0.3, 0.4) is 0 Å². The topological polar surface area (TPSA) is 78.3 Å². The molecule has 3 aromatic rings. The summed E-state index contributed by atoms with van der Waals surface area (Å²) in [4.78, 5) is 12.7. The molecule has 24 heavy (non-hydrogen) atoms. The number of nitrogens with two attached hydrogens (primary N) is 2. The maximum atomic E-state index is 12.7. The minimum atomic E-state index is -0.176. The molecule has 0 bridgehead atoms. The quantitative estimate of drug-likeness (QED) is 0.556. The van der Waals surface area contributed by atoms with Gasteiger partial charge in [0, 0.05) is 11.1 Å². The average molecular weight is 318 g/mol. The number of nitrogen functional groups attached to an aromatic ring is 2. The third-order valence-corrected chi connectivity index (χ3v) is 3.73. The highest BCUT2D eigenvalue weighted by molar-refractivity contribution is 6.13. The van der Waals surface area contributed by atoms with Crippen molar-refractivity contribution < 1.29 is 9.53 Å². The van der Waals surface area contributed by atoms with Crippen LogP contribution in [0.4, 0.5) is 11.4 Å². The smallest absolute Gasteiger partial charge is 0.195 e. The predicted molar refractivity (Wildman–Crippen MR) is 95.9 cm³/mol. The number of para-hydroxylation sites is 1. The zero-order chi connectivity index (χ0) is 16.9. The van der Waals surface area contributed by atoms with Gasteiger partial charge in [0.05, 0.1) is 11.4 Å². The molecule has 120 valence electrons. The molecule has 0 amide bonds. The van der Waals surface area contributed by atoms with Gasteiger partial charge in [0.2, 0.25) is 0 Å². The molecule has 0 aliphatic heterocycles. The summed E-state index contributed by atoms with van der Waals surface area (Å²) in [5.41, 5.74) is 14.4. The fourth-order valence-electron chi connectivity index (χ4n) is 2.40. The lowest BCUT2D eigenvalue weighted by molar-refractivity contribution is 0.103. The number of hydrogen-bond acceptors (Lipinski definition) is 4. The molecular formula is C20H18N2O2. The van der Waals surface area contributed by atoms with Crippen molar-refractivity contribution in [3.8, 4) is 5.75 Å². The summed E-state index contributed by atoms with van der Waals surface area (Å²) >= 11 is 0. The van der Waals surface area contributed by atoms with Gasteiger partial charge in [-0.2, -0.15) is 0 Å². The van der Waals surface area contributed by atoms with Crippen molar-refractivity contribution in [1.29, 1.82) is 0 Å². The second-order valence-electron chi connectivity index (χ2n) is 5.44. The van der Waals surface area contributed by atoms with Gasteiger partial charge >= 0.3 is 0 Å². The Kier molecular flexibility index (Phi) is 4.47. The molecule has 3 aromatic carbocycles. The maximum absolute atomic E-state index is 12.7. The molecule has 3 rings (SSSR count). The molecule has 0 aliphatic rings. The molecule has 0 spiro atoms. The van der Waals surface area contributed by atoms with Gasteiger partial charge in [-0.05, 0) is 29.8 Å². The van der Waals surface area contributed by atoms with Crippen molar-refractivity contribution in [3.05, 3.63) is 89.5 Å². The molecule has 4 N–H and O–H groups in total. The SMILES string of the molecule is Nc1cccc(C(=O)c2cccc(OCc3ccccc3)c2)c1N. The summed E-state index contributed by atoms with van der Waals surface area (Å²) in [5.74, 6) is 0.456. The van der Waals surface area contributed by atoms with E-state index in [4.69, 9.17) is 16.2 Å². The maximum Gasteiger partial charge on any atom is 0.195 e. The molecule has 0 aromatic heterocycles. The number of carbonyl (C=O) groups is 1. The van der Waals surface area contributed by atoms with E-state index in [1.165, 1.54) is 0 Å².